The van der Waals surface area contributed by atoms with Crippen molar-refractivity contribution in [1.82, 2.24) is 14.8 Å². The van der Waals surface area contributed by atoms with Gasteiger partial charge in [-0.15, -0.1) is 10.2 Å². The van der Waals surface area contributed by atoms with Crippen LogP contribution in [0.3, 0.4) is 0 Å². The molecule has 3 rings (SSSR count). The van der Waals surface area contributed by atoms with Crippen LogP contribution in [0.1, 0.15) is 6.92 Å². The van der Waals surface area contributed by atoms with E-state index in [1.54, 1.807) is 37.4 Å². The van der Waals surface area contributed by atoms with Crippen molar-refractivity contribution in [3.8, 4) is 17.3 Å². The van der Waals surface area contributed by atoms with Gasteiger partial charge < -0.3 is 14.5 Å². The molecule has 7 nitrogen and oxygen atoms in total. The van der Waals surface area contributed by atoms with Crippen molar-refractivity contribution in [2.75, 3.05) is 18.2 Å². The molecule has 0 aliphatic carbocycles. The van der Waals surface area contributed by atoms with Gasteiger partial charge in [-0.3, -0.25) is 9.36 Å². The lowest BCUT2D eigenvalue weighted by molar-refractivity contribution is -0.113. The van der Waals surface area contributed by atoms with Gasteiger partial charge in [0.1, 0.15) is 5.75 Å². The molecule has 0 atom stereocenters. The molecule has 0 aliphatic heterocycles. The van der Waals surface area contributed by atoms with Gasteiger partial charge in [0.05, 0.1) is 12.9 Å². The fraction of sp³-hybridized carbons (Fsp3) is 0.235. The summed E-state index contributed by atoms with van der Waals surface area (Å²) in [6.45, 7) is 2.66. The summed E-state index contributed by atoms with van der Waals surface area (Å²) in [6, 6.07) is 10.8. The van der Waals surface area contributed by atoms with E-state index in [0.29, 0.717) is 28.0 Å². The van der Waals surface area contributed by atoms with Crippen LogP contribution in [-0.4, -0.2) is 33.5 Å². The predicted molar refractivity (Wildman–Crippen MR) is 103 cm³/mol. The number of anilines is 1. The van der Waals surface area contributed by atoms with E-state index >= 15 is 0 Å². The van der Waals surface area contributed by atoms with Gasteiger partial charge in [0, 0.05) is 12.2 Å². The van der Waals surface area contributed by atoms with Gasteiger partial charge in [-0.1, -0.05) is 11.8 Å². The average Bonchev–Trinajstić information content (AvgIpc) is 3.26. The quantitative estimate of drug-likeness (QED) is 0.562. The standard InChI is InChI=1S/C17H17BrN4O3S/c1-3-22-16(13-8-9-14(18)25-13)20-21-17(22)26-10-15(23)19-11-4-6-12(24-2)7-5-11/h4-9H,3,10H2,1-2H3,(H,19,23). The number of thioether (sulfide) groups is 1. The molecule has 136 valence electrons. The number of methoxy groups -OCH3 is 1. The maximum Gasteiger partial charge on any atom is 0.234 e. The predicted octanol–water partition coefficient (Wildman–Crippen LogP) is 4.06. The van der Waals surface area contributed by atoms with Crippen LogP contribution < -0.4 is 10.1 Å². The number of aromatic nitrogens is 3. The molecule has 1 aromatic carbocycles. The number of furan rings is 1. The lowest BCUT2D eigenvalue weighted by Gasteiger charge is -2.07. The summed E-state index contributed by atoms with van der Waals surface area (Å²) in [6.07, 6.45) is 0. The molecule has 9 heteroatoms. The van der Waals surface area contributed by atoms with Crippen LogP contribution in [0.4, 0.5) is 5.69 Å². The molecule has 1 N–H and O–H groups in total. The Labute approximate surface area is 163 Å². The first-order valence-corrected chi connectivity index (χ1v) is 9.64. The Kier molecular flexibility index (Phi) is 6.00. The number of nitrogens with zero attached hydrogens (tertiary/aromatic N) is 3. The molecule has 0 unspecified atom stereocenters. The van der Waals surface area contributed by atoms with E-state index in [9.17, 15) is 4.79 Å². The van der Waals surface area contributed by atoms with Crippen molar-refractivity contribution in [2.24, 2.45) is 0 Å². The van der Waals surface area contributed by atoms with Crippen LogP contribution in [0.25, 0.3) is 11.6 Å². The molecule has 1 amide bonds. The fourth-order valence-electron chi connectivity index (χ4n) is 2.30. The minimum Gasteiger partial charge on any atom is -0.497 e. The number of benzene rings is 1. The smallest absolute Gasteiger partial charge is 0.234 e. The number of ether oxygens (including phenoxy) is 1. The Morgan fingerprint density at radius 1 is 1.27 bits per heavy atom. The first-order chi connectivity index (χ1) is 12.6. The van der Waals surface area contributed by atoms with Gasteiger partial charge in [0.15, 0.2) is 15.6 Å². The van der Waals surface area contributed by atoms with Crippen molar-refractivity contribution < 1.29 is 13.9 Å². The number of carbonyl (C=O) groups is 1. The fourth-order valence-corrected chi connectivity index (χ4v) is 3.41. The van der Waals surface area contributed by atoms with Gasteiger partial charge in [-0.05, 0) is 59.3 Å². The van der Waals surface area contributed by atoms with E-state index in [0.717, 1.165) is 11.4 Å². The van der Waals surface area contributed by atoms with E-state index in [4.69, 9.17) is 9.15 Å². The van der Waals surface area contributed by atoms with Gasteiger partial charge in [-0.25, -0.2) is 0 Å². The number of amides is 1. The Morgan fingerprint density at radius 3 is 2.65 bits per heavy atom. The Morgan fingerprint density at radius 2 is 2.04 bits per heavy atom. The topological polar surface area (TPSA) is 82.2 Å². The molecule has 2 heterocycles. The Hall–Kier alpha value is -2.26. The molecule has 0 radical (unpaired) electrons. The van der Waals surface area contributed by atoms with Crippen LogP contribution in [0.2, 0.25) is 0 Å². The summed E-state index contributed by atoms with van der Waals surface area (Å²) in [5, 5.41) is 11.9. The Balaban J connectivity index is 1.63. The zero-order valence-corrected chi connectivity index (χ0v) is 16.6. The van der Waals surface area contributed by atoms with Gasteiger partial charge in [-0.2, -0.15) is 0 Å². The molecule has 0 saturated carbocycles. The molecule has 0 spiro atoms. The highest BCUT2D eigenvalue weighted by atomic mass is 79.9. The minimum atomic E-state index is -0.117. The maximum absolute atomic E-state index is 12.2. The number of nitrogens with one attached hydrogen (secondary N) is 1. The highest BCUT2D eigenvalue weighted by Gasteiger charge is 2.17. The zero-order chi connectivity index (χ0) is 18.5. The Bertz CT molecular complexity index is 892. The van der Waals surface area contributed by atoms with E-state index < -0.39 is 0 Å². The van der Waals surface area contributed by atoms with E-state index in [1.807, 2.05) is 17.6 Å². The lowest BCUT2D eigenvalue weighted by atomic mass is 10.3. The van der Waals surface area contributed by atoms with E-state index in [1.165, 1.54) is 11.8 Å². The monoisotopic (exact) mass is 436 g/mol. The van der Waals surface area contributed by atoms with Crippen molar-refractivity contribution in [1.29, 1.82) is 0 Å². The third-order valence-corrected chi connectivity index (χ3v) is 4.93. The summed E-state index contributed by atoms with van der Waals surface area (Å²) in [7, 11) is 1.60. The molecule has 0 fully saturated rings. The van der Waals surface area contributed by atoms with Crippen molar-refractivity contribution in [3.63, 3.8) is 0 Å². The van der Waals surface area contributed by atoms with Crippen LogP contribution in [-0.2, 0) is 11.3 Å². The summed E-state index contributed by atoms with van der Waals surface area (Å²) in [4.78, 5) is 12.2. The minimum absolute atomic E-state index is 0.117. The number of rotatable bonds is 7. The second-order valence-electron chi connectivity index (χ2n) is 5.22. The number of halogens is 1. The van der Waals surface area contributed by atoms with Gasteiger partial charge in [0.25, 0.3) is 0 Å². The summed E-state index contributed by atoms with van der Waals surface area (Å²) >= 11 is 4.61. The lowest BCUT2D eigenvalue weighted by Crippen LogP contribution is -2.14. The number of hydrogen-bond donors (Lipinski definition) is 1. The van der Waals surface area contributed by atoms with Crippen molar-refractivity contribution in [2.45, 2.75) is 18.6 Å². The third-order valence-electron chi connectivity index (χ3n) is 3.53. The summed E-state index contributed by atoms with van der Waals surface area (Å²) in [5.41, 5.74) is 0.717. The number of carbonyl (C=O) groups excluding carboxylic acids is 1. The molecule has 0 bridgehead atoms. The first kappa shape index (κ1) is 18.5. The largest absolute Gasteiger partial charge is 0.497 e. The second kappa shape index (κ2) is 8.41. The summed E-state index contributed by atoms with van der Waals surface area (Å²) in [5.74, 6) is 2.11. The molecule has 2 aromatic heterocycles. The molecule has 3 aromatic rings. The average molecular weight is 437 g/mol. The normalized spacial score (nSPS) is 10.7. The number of hydrogen-bond acceptors (Lipinski definition) is 6. The third kappa shape index (κ3) is 4.28. The van der Waals surface area contributed by atoms with Crippen LogP contribution in [0.15, 0.2) is 50.6 Å². The molecule has 0 saturated heterocycles. The van der Waals surface area contributed by atoms with Gasteiger partial charge in [0.2, 0.25) is 11.7 Å². The molecular formula is C17H17BrN4O3S. The SMILES string of the molecule is CCn1c(SCC(=O)Nc2ccc(OC)cc2)nnc1-c1ccc(Br)o1. The maximum atomic E-state index is 12.2. The highest BCUT2D eigenvalue weighted by molar-refractivity contribution is 9.10. The van der Waals surface area contributed by atoms with Gasteiger partial charge >= 0.3 is 0 Å². The molecular weight excluding hydrogens is 420 g/mol. The molecule has 0 aliphatic rings. The van der Waals surface area contributed by atoms with Crippen molar-refractivity contribution >= 4 is 39.3 Å². The van der Waals surface area contributed by atoms with E-state index in [2.05, 4.69) is 31.4 Å². The second-order valence-corrected chi connectivity index (χ2v) is 6.94. The first-order valence-electron chi connectivity index (χ1n) is 7.86. The van der Waals surface area contributed by atoms with Crippen LogP contribution in [0, 0.1) is 0 Å². The highest BCUT2D eigenvalue weighted by Crippen LogP contribution is 2.27. The van der Waals surface area contributed by atoms with E-state index in [-0.39, 0.29) is 11.7 Å². The van der Waals surface area contributed by atoms with Crippen molar-refractivity contribution in [3.05, 3.63) is 41.1 Å². The summed E-state index contributed by atoms with van der Waals surface area (Å²) < 4.78 is 13.2. The molecule has 26 heavy (non-hydrogen) atoms. The zero-order valence-electron chi connectivity index (χ0n) is 14.2. The van der Waals surface area contributed by atoms with Crippen LogP contribution >= 0.6 is 27.7 Å². The van der Waals surface area contributed by atoms with Crippen LogP contribution in [0.5, 0.6) is 5.75 Å².